The van der Waals surface area contributed by atoms with Crippen molar-refractivity contribution in [3.63, 3.8) is 0 Å². The fourth-order valence-electron chi connectivity index (χ4n) is 3.60. The quantitative estimate of drug-likeness (QED) is 0.740. The summed E-state index contributed by atoms with van der Waals surface area (Å²) in [6.45, 7) is 7.13. The number of anilines is 1. The van der Waals surface area contributed by atoms with Gasteiger partial charge in [0, 0.05) is 30.6 Å². The average molecular weight is 355 g/mol. The highest BCUT2D eigenvalue weighted by Gasteiger charge is 2.25. The second-order valence-electron chi connectivity index (χ2n) is 7.23. The molecule has 0 aliphatic carbocycles. The Kier molecular flexibility index (Phi) is 5.60. The maximum absolute atomic E-state index is 13.8. The van der Waals surface area contributed by atoms with Crippen molar-refractivity contribution in [3.8, 4) is 5.75 Å². The zero-order valence-corrected chi connectivity index (χ0v) is 15.7. The van der Waals surface area contributed by atoms with Crippen molar-refractivity contribution in [2.24, 2.45) is 0 Å². The molecule has 0 amide bonds. The van der Waals surface area contributed by atoms with Gasteiger partial charge in [-0.15, -0.1) is 0 Å². The Bertz CT molecular complexity index is 772. The number of carbonyl (C=O) groups excluding carboxylic acids is 1. The van der Waals surface area contributed by atoms with Gasteiger partial charge in [0.1, 0.15) is 23.5 Å². The van der Waals surface area contributed by atoms with Crippen LogP contribution in [0, 0.1) is 12.7 Å². The Morgan fingerprint density at radius 3 is 2.69 bits per heavy atom. The second kappa shape index (κ2) is 7.90. The highest BCUT2D eigenvalue weighted by atomic mass is 19.1. The summed E-state index contributed by atoms with van der Waals surface area (Å²) in [6, 6.07) is 13.2. The summed E-state index contributed by atoms with van der Waals surface area (Å²) in [5.41, 5.74) is 2.79. The molecule has 2 aromatic rings. The second-order valence-corrected chi connectivity index (χ2v) is 7.23. The van der Waals surface area contributed by atoms with Crippen LogP contribution < -0.4 is 9.64 Å². The van der Waals surface area contributed by atoms with Crippen LogP contribution >= 0.6 is 0 Å². The van der Waals surface area contributed by atoms with Gasteiger partial charge in [0.25, 0.3) is 0 Å². The fraction of sp³-hybridized carbons (Fsp3) is 0.409. The molecule has 1 aliphatic rings. The minimum absolute atomic E-state index is 0.0955. The molecular formula is C22H26FNO2. The van der Waals surface area contributed by atoms with Crippen LogP contribution in [0.4, 0.5) is 10.1 Å². The van der Waals surface area contributed by atoms with E-state index < -0.39 is 0 Å². The Balaban J connectivity index is 1.60. The minimum atomic E-state index is -0.165. The SMILES string of the molecule is CC(=O)C[C@@H](C)c1ccc(OC2CCN(c3cccc(F)c3C)C2)cc1. The van der Waals surface area contributed by atoms with Crippen molar-refractivity contribution < 1.29 is 13.9 Å². The van der Waals surface area contributed by atoms with Crippen LogP contribution in [-0.4, -0.2) is 25.0 Å². The highest BCUT2D eigenvalue weighted by Crippen LogP contribution is 2.28. The standard InChI is InChI=1S/C22H26FNO2/c1-15(13-16(2)25)18-7-9-19(10-8-18)26-20-11-12-24(14-20)22-6-4-5-21(23)17(22)3/h4-10,15,20H,11-14H2,1-3H3/t15-,20?/m1/s1. The molecule has 0 bridgehead atoms. The van der Waals surface area contributed by atoms with Crippen LogP contribution in [0.15, 0.2) is 42.5 Å². The lowest BCUT2D eigenvalue weighted by atomic mass is 9.96. The van der Waals surface area contributed by atoms with Crippen LogP contribution in [-0.2, 0) is 4.79 Å². The van der Waals surface area contributed by atoms with E-state index in [1.54, 1.807) is 13.0 Å². The number of ketones is 1. The van der Waals surface area contributed by atoms with E-state index in [1.165, 1.54) is 6.07 Å². The largest absolute Gasteiger partial charge is 0.489 e. The van der Waals surface area contributed by atoms with E-state index in [1.807, 2.05) is 37.3 Å². The number of rotatable bonds is 6. The van der Waals surface area contributed by atoms with Crippen LogP contribution in [0.1, 0.15) is 43.7 Å². The number of hydrogen-bond donors (Lipinski definition) is 0. The van der Waals surface area contributed by atoms with Crippen molar-refractivity contribution in [2.45, 2.75) is 45.6 Å². The number of hydrogen-bond acceptors (Lipinski definition) is 3. The topological polar surface area (TPSA) is 29.5 Å². The number of benzene rings is 2. The van der Waals surface area contributed by atoms with E-state index in [4.69, 9.17) is 4.74 Å². The Morgan fingerprint density at radius 2 is 2.00 bits per heavy atom. The van der Waals surface area contributed by atoms with E-state index >= 15 is 0 Å². The van der Waals surface area contributed by atoms with Crippen molar-refractivity contribution >= 4 is 11.5 Å². The summed E-state index contributed by atoms with van der Waals surface area (Å²) in [5.74, 6) is 1.10. The Labute approximate surface area is 154 Å². The van der Waals surface area contributed by atoms with E-state index in [0.717, 1.165) is 36.5 Å². The van der Waals surface area contributed by atoms with Crippen LogP contribution in [0.2, 0.25) is 0 Å². The number of carbonyl (C=O) groups is 1. The summed E-state index contributed by atoms with van der Waals surface area (Å²) in [5, 5.41) is 0. The van der Waals surface area contributed by atoms with Gasteiger partial charge in [0.05, 0.1) is 6.54 Å². The first-order valence-electron chi connectivity index (χ1n) is 9.20. The van der Waals surface area contributed by atoms with E-state index in [9.17, 15) is 9.18 Å². The third kappa shape index (κ3) is 4.24. The monoisotopic (exact) mass is 355 g/mol. The average Bonchev–Trinajstić information content (AvgIpc) is 3.05. The molecule has 2 atom stereocenters. The predicted octanol–water partition coefficient (Wildman–Crippen LogP) is 4.87. The van der Waals surface area contributed by atoms with E-state index in [-0.39, 0.29) is 23.6 Å². The van der Waals surface area contributed by atoms with Gasteiger partial charge in [-0.25, -0.2) is 4.39 Å². The molecule has 1 fully saturated rings. The van der Waals surface area contributed by atoms with Crippen LogP contribution in [0.5, 0.6) is 5.75 Å². The lowest BCUT2D eigenvalue weighted by Gasteiger charge is -2.21. The maximum atomic E-state index is 13.8. The molecule has 1 saturated heterocycles. The molecule has 26 heavy (non-hydrogen) atoms. The van der Waals surface area contributed by atoms with Gasteiger partial charge in [-0.3, -0.25) is 0 Å². The molecule has 0 spiro atoms. The molecule has 4 heteroatoms. The van der Waals surface area contributed by atoms with E-state index in [2.05, 4.69) is 11.8 Å². The molecule has 3 rings (SSSR count). The summed E-state index contributed by atoms with van der Waals surface area (Å²) in [7, 11) is 0. The first-order valence-corrected chi connectivity index (χ1v) is 9.20. The van der Waals surface area contributed by atoms with Gasteiger partial charge < -0.3 is 14.4 Å². The third-order valence-corrected chi connectivity index (χ3v) is 5.07. The van der Waals surface area contributed by atoms with Gasteiger partial charge in [-0.05, 0) is 49.6 Å². The highest BCUT2D eigenvalue weighted by molar-refractivity contribution is 5.76. The first-order chi connectivity index (χ1) is 12.4. The molecule has 1 heterocycles. The van der Waals surface area contributed by atoms with Crippen molar-refractivity contribution in [1.82, 2.24) is 0 Å². The van der Waals surface area contributed by atoms with Gasteiger partial charge in [-0.1, -0.05) is 25.1 Å². The molecule has 3 nitrogen and oxygen atoms in total. The van der Waals surface area contributed by atoms with Gasteiger partial charge in [0.2, 0.25) is 0 Å². The predicted molar refractivity (Wildman–Crippen MR) is 103 cm³/mol. The van der Waals surface area contributed by atoms with Crippen molar-refractivity contribution in [2.75, 3.05) is 18.0 Å². The van der Waals surface area contributed by atoms with Crippen LogP contribution in [0.25, 0.3) is 0 Å². The molecule has 0 radical (unpaired) electrons. The van der Waals surface area contributed by atoms with Gasteiger partial charge >= 0.3 is 0 Å². The Hall–Kier alpha value is -2.36. The Morgan fingerprint density at radius 1 is 1.27 bits per heavy atom. The molecule has 1 unspecified atom stereocenters. The van der Waals surface area contributed by atoms with Gasteiger partial charge in [-0.2, -0.15) is 0 Å². The summed E-state index contributed by atoms with van der Waals surface area (Å²) in [4.78, 5) is 13.5. The summed E-state index contributed by atoms with van der Waals surface area (Å²) in [6.07, 6.45) is 1.57. The summed E-state index contributed by atoms with van der Waals surface area (Å²) < 4.78 is 19.9. The lowest BCUT2D eigenvalue weighted by molar-refractivity contribution is -0.117. The molecule has 0 saturated carbocycles. The molecule has 2 aromatic carbocycles. The van der Waals surface area contributed by atoms with Crippen LogP contribution in [0.3, 0.4) is 0 Å². The smallest absolute Gasteiger partial charge is 0.130 e. The fourth-order valence-corrected chi connectivity index (χ4v) is 3.60. The number of nitrogens with zero attached hydrogens (tertiary/aromatic N) is 1. The van der Waals surface area contributed by atoms with Crippen molar-refractivity contribution in [1.29, 1.82) is 0 Å². The lowest BCUT2D eigenvalue weighted by Crippen LogP contribution is -2.25. The molecular weight excluding hydrogens is 329 g/mol. The third-order valence-electron chi connectivity index (χ3n) is 5.07. The number of halogens is 1. The van der Waals surface area contributed by atoms with Crippen molar-refractivity contribution in [3.05, 3.63) is 59.4 Å². The van der Waals surface area contributed by atoms with E-state index in [0.29, 0.717) is 12.0 Å². The molecule has 0 N–H and O–H groups in total. The zero-order chi connectivity index (χ0) is 18.7. The number of ether oxygens (including phenoxy) is 1. The first kappa shape index (κ1) is 18.4. The molecule has 0 aromatic heterocycles. The van der Waals surface area contributed by atoms with Gasteiger partial charge in [0.15, 0.2) is 0 Å². The minimum Gasteiger partial charge on any atom is -0.489 e. The maximum Gasteiger partial charge on any atom is 0.130 e. The molecule has 1 aliphatic heterocycles. The molecule has 138 valence electrons. The number of Topliss-reactive ketones (excluding diaryl/α,β-unsaturated/α-hetero) is 1. The zero-order valence-electron chi connectivity index (χ0n) is 15.7. The summed E-state index contributed by atoms with van der Waals surface area (Å²) >= 11 is 0. The normalized spacial score (nSPS) is 18.0.